The molecule has 4 aliphatic rings. The molecule has 1 heteroatoms. The lowest BCUT2D eigenvalue weighted by molar-refractivity contribution is 0.420. The Kier molecular flexibility index (Phi) is 8.50. The Morgan fingerprint density at radius 2 is 1.26 bits per heavy atom. The van der Waals surface area contributed by atoms with E-state index in [-0.39, 0.29) is 5.41 Å². The van der Waals surface area contributed by atoms with Gasteiger partial charge in [0.05, 0.1) is 11.4 Å². The van der Waals surface area contributed by atoms with Crippen molar-refractivity contribution in [3.8, 4) is 33.4 Å². The Morgan fingerprint density at radius 1 is 0.526 bits per heavy atom. The van der Waals surface area contributed by atoms with E-state index in [2.05, 4.69) is 170 Å². The van der Waals surface area contributed by atoms with Crippen LogP contribution in [0.25, 0.3) is 44.2 Å². The molecule has 0 spiro atoms. The summed E-state index contributed by atoms with van der Waals surface area (Å²) >= 11 is 0. The number of rotatable bonds is 7. The Balaban J connectivity index is 1.19. The van der Waals surface area contributed by atoms with Crippen LogP contribution in [0.4, 0.5) is 17.1 Å². The fourth-order valence-corrected chi connectivity index (χ4v) is 12.0. The van der Waals surface area contributed by atoms with Crippen molar-refractivity contribution in [2.24, 2.45) is 11.8 Å². The van der Waals surface area contributed by atoms with E-state index in [0.717, 1.165) is 11.8 Å². The molecule has 1 nitrogen and oxygen atoms in total. The van der Waals surface area contributed by atoms with Crippen LogP contribution >= 0.6 is 0 Å². The Labute approximate surface area is 339 Å². The second-order valence-corrected chi connectivity index (χ2v) is 18.3. The van der Waals surface area contributed by atoms with Gasteiger partial charge in [-0.1, -0.05) is 161 Å². The van der Waals surface area contributed by atoms with E-state index in [0.29, 0.717) is 11.8 Å². The third-order valence-electron chi connectivity index (χ3n) is 14.7. The second-order valence-electron chi connectivity index (χ2n) is 18.3. The summed E-state index contributed by atoms with van der Waals surface area (Å²) in [6, 6.07) is 58.4. The number of nitrogens with zero attached hydrogens (tertiary/aromatic N) is 1. The number of hydrogen-bond donors (Lipinski definition) is 0. The molecule has 3 atom stereocenters. The van der Waals surface area contributed by atoms with Crippen molar-refractivity contribution in [3.63, 3.8) is 0 Å². The zero-order valence-electron chi connectivity index (χ0n) is 33.6. The van der Waals surface area contributed by atoms with Crippen molar-refractivity contribution in [1.29, 1.82) is 0 Å². The molecule has 7 aromatic rings. The normalized spacial score (nSPS) is 20.8. The third kappa shape index (κ3) is 5.80. The van der Waals surface area contributed by atoms with Crippen molar-refractivity contribution in [2.45, 2.75) is 88.9 Å². The van der Waals surface area contributed by atoms with Crippen LogP contribution in [0.15, 0.2) is 152 Å². The predicted octanol–water partition coefficient (Wildman–Crippen LogP) is 15.9. The number of hydrogen-bond acceptors (Lipinski definition) is 1. The minimum absolute atomic E-state index is 0.203. The summed E-state index contributed by atoms with van der Waals surface area (Å²) in [5.74, 6) is 3.12. The maximum atomic E-state index is 2.63. The largest absolute Gasteiger partial charge is 0.309 e. The zero-order valence-corrected chi connectivity index (χ0v) is 33.6. The smallest absolute Gasteiger partial charge is 0.0544 e. The molecule has 2 bridgehead atoms. The van der Waals surface area contributed by atoms with Crippen LogP contribution in [0.5, 0.6) is 0 Å². The molecular formula is C56H53N. The van der Waals surface area contributed by atoms with E-state index >= 15 is 0 Å². The summed E-state index contributed by atoms with van der Waals surface area (Å²) in [7, 11) is 0. The first-order valence-electron chi connectivity index (χ1n) is 21.9. The summed E-state index contributed by atoms with van der Waals surface area (Å²) < 4.78 is 0. The molecule has 3 fully saturated rings. The van der Waals surface area contributed by atoms with Gasteiger partial charge in [0.25, 0.3) is 0 Å². The van der Waals surface area contributed by atoms with E-state index < -0.39 is 0 Å². The second kappa shape index (κ2) is 13.9. The van der Waals surface area contributed by atoms with Gasteiger partial charge in [0.2, 0.25) is 0 Å². The molecule has 0 aromatic heterocycles. The summed E-state index contributed by atoms with van der Waals surface area (Å²) in [4.78, 5) is 2.63. The predicted molar refractivity (Wildman–Crippen MR) is 241 cm³/mol. The van der Waals surface area contributed by atoms with Crippen LogP contribution in [-0.2, 0) is 5.41 Å². The Hall–Kier alpha value is -5.40. The van der Waals surface area contributed by atoms with Gasteiger partial charge < -0.3 is 4.90 Å². The highest BCUT2D eigenvalue weighted by atomic mass is 15.1. The van der Waals surface area contributed by atoms with Crippen LogP contribution in [0.3, 0.4) is 0 Å². The topological polar surface area (TPSA) is 3.24 Å². The van der Waals surface area contributed by atoms with Crippen molar-refractivity contribution >= 4 is 27.8 Å². The minimum atomic E-state index is -0.203. The van der Waals surface area contributed by atoms with Crippen molar-refractivity contribution < 1.29 is 0 Å². The average Bonchev–Trinajstić information content (AvgIpc) is 3.97. The third-order valence-corrected chi connectivity index (χ3v) is 14.7. The Bertz CT molecular complexity index is 2610. The summed E-state index contributed by atoms with van der Waals surface area (Å²) in [6.07, 6.45) is 12.3. The molecule has 7 aromatic carbocycles. The van der Waals surface area contributed by atoms with Crippen LogP contribution in [0.2, 0.25) is 0 Å². The van der Waals surface area contributed by atoms with Crippen molar-refractivity contribution in [1.82, 2.24) is 0 Å². The summed E-state index contributed by atoms with van der Waals surface area (Å²) in [5.41, 5.74) is 17.2. The van der Waals surface area contributed by atoms with Crippen LogP contribution < -0.4 is 4.90 Å². The highest BCUT2D eigenvalue weighted by Gasteiger charge is 2.41. The van der Waals surface area contributed by atoms with Gasteiger partial charge in [-0.05, 0) is 142 Å². The maximum Gasteiger partial charge on any atom is 0.0544 e. The van der Waals surface area contributed by atoms with Crippen molar-refractivity contribution in [3.05, 3.63) is 174 Å². The fourth-order valence-electron chi connectivity index (χ4n) is 12.0. The summed E-state index contributed by atoms with van der Waals surface area (Å²) in [5, 5.41) is 2.64. The van der Waals surface area contributed by atoms with Crippen LogP contribution in [0, 0.1) is 11.8 Å². The highest BCUT2D eigenvalue weighted by Crippen LogP contribution is 2.58. The van der Waals surface area contributed by atoms with Gasteiger partial charge in [0.15, 0.2) is 0 Å². The standard InChI is InChI=1S/C56H53N/c1-56(2)51-22-12-11-20-46(51)48-32-33-53(54(55(48)56)47-21-10-9-19-45(47)39-16-7-4-8-17-39)57(44-30-28-41(29-31-44)49-35-37-24-25-43(49)34-37)52-23-13-18-40-26-27-42(36-50(40)52)38-14-5-3-6-15-38/h4,7-13,16-23,26-33,36-38,43,49H,3,5-6,14-15,24-25,34-35H2,1-2H3. The molecule has 11 rings (SSSR count). The number of anilines is 3. The SMILES string of the molecule is CC1(C)c2ccccc2-c2ccc(N(c3ccc(C4CC5CCC4C5)cc3)c3cccc4ccc(C5CCCCC5)cc34)c(-c3ccccc3-c3ccccc3)c21. The maximum absolute atomic E-state index is 2.63. The molecule has 4 aliphatic carbocycles. The average molecular weight is 740 g/mol. The minimum Gasteiger partial charge on any atom is -0.309 e. The first-order chi connectivity index (χ1) is 28.0. The van der Waals surface area contributed by atoms with E-state index in [4.69, 9.17) is 0 Å². The molecule has 57 heavy (non-hydrogen) atoms. The van der Waals surface area contributed by atoms with Gasteiger partial charge in [0.1, 0.15) is 0 Å². The molecule has 0 aliphatic heterocycles. The van der Waals surface area contributed by atoms with E-state index in [9.17, 15) is 0 Å². The Morgan fingerprint density at radius 3 is 2.04 bits per heavy atom. The molecule has 3 unspecified atom stereocenters. The van der Waals surface area contributed by atoms with Crippen LogP contribution in [-0.4, -0.2) is 0 Å². The lowest BCUT2D eigenvalue weighted by atomic mass is 9.77. The van der Waals surface area contributed by atoms with Gasteiger partial charge in [0, 0.05) is 22.1 Å². The lowest BCUT2D eigenvalue weighted by Gasteiger charge is -2.34. The molecule has 0 radical (unpaired) electrons. The van der Waals surface area contributed by atoms with Gasteiger partial charge >= 0.3 is 0 Å². The van der Waals surface area contributed by atoms with Gasteiger partial charge in [-0.3, -0.25) is 0 Å². The van der Waals surface area contributed by atoms with Crippen molar-refractivity contribution in [2.75, 3.05) is 4.90 Å². The first-order valence-corrected chi connectivity index (χ1v) is 21.9. The van der Waals surface area contributed by atoms with Gasteiger partial charge in [-0.25, -0.2) is 0 Å². The van der Waals surface area contributed by atoms with Gasteiger partial charge in [-0.2, -0.15) is 0 Å². The highest BCUT2D eigenvalue weighted by molar-refractivity contribution is 6.05. The summed E-state index contributed by atoms with van der Waals surface area (Å²) in [6.45, 7) is 4.89. The monoisotopic (exact) mass is 739 g/mol. The zero-order chi connectivity index (χ0) is 38.1. The van der Waals surface area contributed by atoms with Crippen LogP contribution in [0.1, 0.15) is 106 Å². The number of benzene rings is 7. The first kappa shape index (κ1) is 34.8. The molecular weight excluding hydrogens is 687 g/mol. The molecule has 0 amide bonds. The lowest BCUT2D eigenvalue weighted by Crippen LogP contribution is -2.19. The molecule has 0 heterocycles. The fraction of sp³-hybridized carbons (Fsp3) is 0.286. The molecule has 3 saturated carbocycles. The van der Waals surface area contributed by atoms with E-state index in [1.54, 1.807) is 0 Å². The number of fused-ring (bicyclic) bond motifs is 6. The molecule has 0 N–H and O–H groups in total. The van der Waals surface area contributed by atoms with E-state index in [1.807, 2.05) is 0 Å². The quantitative estimate of drug-likeness (QED) is 0.157. The molecule has 282 valence electrons. The van der Waals surface area contributed by atoms with Gasteiger partial charge in [-0.15, -0.1) is 0 Å². The van der Waals surface area contributed by atoms with E-state index in [1.165, 1.54) is 141 Å². The molecule has 0 saturated heterocycles.